The average molecular weight is 168 g/mol. The van der Waals surface area contributed by atoms with Crippen LogP contribution in [-0.4, -0.2) is 19.3 Å². The van der Waals surface area contributed by atoms with E-state index in [1.165, 1.54) is 7.11 Å². The molecular weight excluding hydrogens is 156 g/mol. The predicted molar refractivity (Wildman–Crippen MR) is 45.4 cm³/mol. The summed E-state index contributed by atoms with van der Waals surface area (Å²) in [4.78, 5) is 0. The number of para-hydroxylation sites is 1. The van der Waals surface area contributed by atoms with E-state index in [4.69, 9.17) is 9.47 Å². The summed E-state index contributed by atoms with van der Waals surface area (Å²) in [6.07, 6.45) is 0. The van der Waals surface area contributed by atoms with Crippen LogP contribution >= 0.6 is 0 Å². The van der Waals surface area contributed by atoms with Crippen molar-refractivity contribution in [3.8, 4) is 11.5 Å². The summed E-state index contributed by atoms with van der Waals surface area (Å²) in [5.41, 5.74) is 0.847. The van der Waals surface area contributed by atoms with E-state index in [-0.39, 0.29) is 5.75 Å². The summed E-state index contributed by atoms with van der Waals surface area (Å²) < 4.78 is 9.93. The number of ether oxygens (including phenoxy) is 2. The quantitative estimate of drug-likeness (QED) is 0.744. The Bertz CT molecular complexity index is 258. The summed E-state index contributed by atoms with van der Waals surface area (Å²) in [6, 6.07) is 5.19. The molecule has 1 rings (SSSR count). The van der Waals surface area contributed by atoms with Gasteiger partial charge in [-0.2, -0.15) is 0 Å². The highest BCUT2D eigenvalue weighted by atomic mass is 16.5. The molecule has 0 saturated carbocycles. The highest BCUT2D eigenvalue weighted by Gasteiger charge is 2.06. The smallest absolute Gasteiger partial charge is 0.165 e. The van der Waals surface area contributed by atoms with Crippen molar-refractivity contribution in [2.45, 2.75) is 6.61 Å². The molecule has 12 heavy (non-hydrogen) atoms. The van der Waals surface area contributed by atoms with Crippen LogP contribution in [0.25, 0.3) is 0 Å². The lowest BCUT2D eigenvalue weighted by Gasteiger charge is -2.08. The lowest BCUT2D eigenvalue weighted by molar-refractivity contribution is 0.181. The first kappa shape index (κ1) is 8.87. The van der Waals surface area contributed by atoms with Gasteiger partial charge in [-0.25, -0.2) is 0 Å². The molecule has 1 aromatic rings. The SMILES string of the molecule is COCc1cccc(O)c1OC. The molecule has 0 aliphatic heterocycles. The number of phenolic OH excluding ortho intramolecular Hbond substituents is 1. The van der Waals surface area contributed by atoms with Gasteiger partial charge in [0.15, 0.2) is 11.5 Å². The van der Waals surface area contributed by atoms with Crippen molar-refractivity contribution in [3.05, 3.63) is 23.8 Å². The predicted octanol–water partition coefficient (Wildman–Crippen LogP) is 1.55. The van der Waals surface area contributed by atoms with Gasteiger partial charge in [0.2, 0.25) is 0 Å². The molecule has 0 radical (unpaired) electrons. The Balaban J connectivity index is 3.00. The van der Waals surface area contributed by atoms with Crippen molar-refractivity contribution in [2.24, 2.45) is 0 Å². The summed E-state index contributed by atoms with van der Waals surface area (Å²) in [5, 5.41) is 9.34. The molecule has 0 heterocycles. The maximum Gasteiger partial charge on any atom is 0.165 e. The summed E-state index contributed by atoms with van der Waals surface area (Å²) in [7, 11) is 3.12. The molecule has 3 nitrogen and oxygen atoms in total. The van der Waals surface area contributed by atoms with Gasteiger partial charge in [0.1, 0.15) is 0 Å². The van der Waals surface area contributed by atoms with Crippen molar-refractivity contribution < 1.29 is 14.6 Å². The van der Waals surface area contributed by atoms with Crippen LogP contribution in [0.1, 0.15) is 5.56 Å². The minimum absolute atomic E-state index is 0.145. The van der Waals surface area contributed by atoms with Crippen LogP contribution in [0.3, 0.4) is 0 Å². The third-order valence-electron chi connectivity index (χ3n) is 1.58. The molecule has 66 valence electrons. The molecule has 0 saturated heterocycles. The lowest BCUT2D eigenvalue weighted by Crippen LogP contribution is -1.93. The number of methoxy groups -OCH3 is 2. The fraction of sp³-hybridized carbons (Fsp3) is 0.333. The molecule has 1 aromatic carbocycles. The highest BCUT2D eigenvalue weighted by molar-refractivity contribution is 5.45. The first-order valence-corrected chi connectivity index (χ1v) is 3.63. The third-order valence-corrected chi connectivity index (χ3v) is 1.58. The zero-order chi connectivity index (χ0) is 8.97. The van der Waals surface area contributed by atoms with Crippen LogP contribution in [-0.2, 0) is 11.3 Å². The largest absolute Gasteiger partial charge is 0.504 e. The van der Waals surface area contributed by atoms with Crippen LogP contribution in [0.15, 0.2) is 18.2 Å². The van der Waals surface area contributed by atoms with Gasteiger partial charge < -0.3 is 14.6 Å². The van der Waals surface area contributed by atoms with Gasteiger partial charge in [0.25, 0.3) is 0 Å². The molecule has 0 amide bonds. The summed E-state index contributed by atoms with van der Waals surface area (Å²) in [6.45, 7) is 0.442. The molecule has 0 aliphatic carbocycles. The van der Waals surface area contributed by atoms with E-state index >= 15 is 0 Å². The summed E-state index contributed by atoms with van der Waals surface area (Å²) in [5.74, 6) is 0.631. The lowest BCUT2D eigenvalue weighted by atomic mass is 10.2. The van der Waals surface area contributed by atoms with Crippen LogP contribution in [0.2, 0.25) is 0 Å². The molecule has 3 heteroatoms. The second-order valence-electron chi connectivity index (χ2n) is 2.40. The van der Waals surface area contributed by atoms with Crippen molar-refractivity contribution in [1.29, 1.82) is 0 Å². The van der Waals surface area contributed by atoms with Gasteiger partial charge in [-0.15, -0.1) is 0 Å². The monoisotopic (exact) mass is 168 g/mol. The average Bonchev–Trinajstić information content (AvgIpc) is 2.05. The van der Waals surface area contributed by atoms with E-state index in [0.29, 0.717) is 12.4 Å². The van der Waals surface area contributed by atoms with Gasteiger partial charge in [-0.05, 0) is 6.07 Å². The van der Waals surface area contributed by atoms with Crippen LogP contribution < -0.4 is 4.74 Å². The van der Waals surface area contributed by atoms with Gasteiger partial charge in [0, 0.05) is 12.7 Å². The topological polar surface area (TPSA) is 38.7 Å². The summed E-state index contributed by atoms with van der Waals surface area (Å²) >= 11 is 0. The Morgan fingerprint density at radius 1 is 1.33 bits per heavy atom. The molecule has 0 atom stereocenters. The second-order valence-corrected chi connectivity index (χ2v) is 2.40. The minimum atomic E-state index is 0.145. The van der Waals surface area contributed by atoms with Gasteiger partial charge in [0.05, 0.1) is 13.7 Å². The fourth-order valence-electron chi connectivity index (χ4n) is 1.08. The fourth-order valence-corrected chi connectivity index (χ4v) is 1.08. The zero-order valence-corrected chi connectivity index (χ0v) is 7.20. The Morgan fingerprint density at radius 2 is 2.08 bits per heavy atom. The molecule has 0 spiro atoms. The van der Waals surface area contributed by atoms with E-state index in [9.17, 15) is 5.11 Å². The Hall–Kier alpha value is -1.22. The number of aromatic hydroxyl groups is 1. The minimum Gasteiger partial charge on any atom is -0.504 e. The van der Waals surface area contributed by atoms with Crippen molar-refractivity contribution in [1.82, 2.24) is 0 Å². The van der Waals surface area contributed by atoms with Crippen LogP contribution in [0.4, 0.5) is 0 Å². The van der Waals surface area contributed by atoms with Gasteiger partial charge >= 0.3 is 0 Å². The van der Waals surface area contributed by atoms with Crippen LogP contribution in [0.5, 0.6) is 11.5 Å². The van der Waals surface area contributed by atoms with E-state index in [1.54, 1.807) is 19.2 Å². The number of hydrogen-bond acceptors (Lipinski definition) is 3. The Kier molecular flexibility index (Phi) is 2.94. The standard InChI is InChI=1S/C9H12O3/c1-11-6-7-4-3-5-8(10)9(7)12-2/h3-5,10H,6H2,1-2H3. The third kappa shape index (κ3) is 1.68. The molecule has 1 N–H and O–H groups in total. The molecule has 0 aliphatic rings. The van der Waals surface area contributed by atoms with Crippen molar-refractivity contribution in [2.75, 3.05) is 14.2 Å². The van der Waals surface area contributed by atoms with Crippen molar-refractivity contribution in [3.63, 3.8) is 0 Å². The van der Waals surface area contributed by atoms with Gasteiger partial charge in [-0.1, -0.05) is 12.1 Å². The van der Waals surface area contributed by atoms with Crippen LogP contribution in [0, 0.1) is 0 Å². The number of benzene rings is 1. The normalized spacial score (nSPS) is 9.83. The first-order chi connectivity index (χ1) is 5.79. The van der Waals surface area contributed by atoms with E-state index in [2.05, 4.69) is 0 Å². The Labute approximate surface area is 71.5 Å². The van der Waals surface area contributed by atoms with Gasteiger partial charge in [-0.3, -0.25) is 0 Å². The molecule has 0 aromatic heterocycles. The number of rotatable bonds is 3. The molecule has 0 fully saturated rings. The zero-order valence-electron chi connectivity index (χ0n) is 7.20. The first-order valence-electron chi connectivity index (χ1n) is 3.63. The number of phenols is 1. The van der Waals surface area contributed by atoms with E-state index in [0.717, 1.165) is 5.56 Å². The molecule has 0 bridgehead atoms. The second kappa shape index (κ2) is 3.97. The maximum atomic E-state index is 9.34. The molecular formula is C9H12O3. The van der Waals surface area contributed by atoms with E-state index < -0.39 is 0 Å². The number of hydrogen-bond donors (Lipinski definition) is 1. The maximum absolute atomic E-state index is 9.34. The molecule has 0 unspecified atom stereocenters. The van der Waals surface area contributed by atoms with Crippen molar-refractivity contribution >= 4 is 0 Å². The Morgan fingerprint density at radius 3 is 2.67 bits per heavy atom. The van der Waals surface area contributed by atoms with E-state index in [1.807, 2.05) is 6.07 Å². The highest BCUT2D eigenvalue weighted by Crippen LogP contribution is 2.29.